The summed E-state index contributed by atoms with van der Waals surface area (Å²) in [5.41, 5.74) is 0.427. The predicted octanol–water partition coefficient (Wildman–Crippen LogP) is 2.85. The summed E-state index contributed by atoms with van der Waals surface area (Å²) in [6.07, 6.45) is -0.145. The van der Waals surface area contributed by atoms with Gasteiger partial charge in [0.15, 0.2) is 5.78 Å². The second-order valence-electron chi connectivity index (χ2n) is 5.82. The smallest absolute Gasteiger partial charge is 0.306 e. The third-order valence-electron chi connectivity index (χ3n) is 3.26. The Bertz CT molecular complexity index is 456. The van der Waals surface area contributed by atoms with Crippen LogP contribution < -0.4 is 0 Å². The maximum absolute atomic E-state index is 12.4. The first-order valence-electron chi connectivity index (χ1n) is 6.18. The van der Waals surface area contributed by atoms with Crippen LogP contribution in [0.15, 0.2) is 30.3 Å². The molecule has 0 amide bonds. The monoisotopic (exact) mass is 246 g/mol. The molecule has 2 atom stereocenters. The van der Waals surface area contributed by atoms with Gasteiger partial charge in [0.05, 0.1) is 12.3 Å². The summed E-state index contributed by atoms with van der Waals surface area (Å²) >= 11 is 0. The summed E-state index contributed by atoms with van der Waals surface area (Å²) in [5.74, 6) is -0.634. The zero-order chi connectivity index (χ0) is 13.3. The number of cyclic esters (lactones) is 1. The standard InChI is InChI=1S/C15H18O3/c1-15(2,3)14-11(9-12(16)18-14)13(17)10-7-5-4-6-8-10/h4-8,11,14H,9H2,1-3H3/t11-,14+/m0/s1. The number of ether oxygens (including phenoxy) is 1. The highest BCUT2D eigenvalue weighted by Crippen LogP contribution is 2.37. The van der Waals surface area contributed by atoms with Crippen LogP contribution in [0.2, 0.25) is 0 Å². The molecule has 0 N–H and O–H groups in total. The Balaban J connectivity index is 2.27. The average molecular weight is 246 g/mol. The van der Waals surface area contributed by atoms with Crippen LogP contribution in [0.25, 0.3) is 0 Å². The largest absolute Gasteiger partial charge is 0.461 e. The number of Topliss-reactive ketones (excluding diaryl/α,β-unsaturated/α-hetero) is 1. The molecule has 1 aliphatic heterocycles. The van der Waals surface area contributed by atoms with Gasteiger partial charge in [-0.3, -0.25) is 9.59 Å². The molecule has 2 rings (SSSR count). The normalized spacial score (nSPS) is 23.8. The molecule has 1 aromatic rings. The van der Waals surface area contributed by atoms with Crippen LogP contribution in [0.3, 0.4) is 0 Å². The second kappa shape index (κ2) is 4.56. The number of rotatable bonds is 2. The average Bonchev–Trinajstić information content (AvgIpc) is 2.71. The van der Waals surface area contributed by atoms with Crippen molar-refractivity contribution in [2.45, 2.75) is 33.3 Å². The van der Waals surface area contributed by atoms with Gasteiger partial charge in [-0.1, -0.05) is 51.1 Å². The van der Waals surface area contributed by atoms with E-state index in [9.17, 15) is 9.59 Å². The molecule has 0 saturated carbocycles. The van der Waals surface area contributed by atoms with Crippen LogP contribution >= 0.6 is 0 Å². The Morgan fingerprint density at radius 2 is 1.83 bits per heavy atom. The van der Waals surface area contributed by atoms with Crippen molar-refractivity contribution in [3.63, 3.8) is 0 Å². The van der Waals surface area contributed by atoms with Crippen LogP contribution in [0.5, 0.6) is 0 Å². The maximum Gasteiger partial charge on any atom is 0.306 e. The summed E-state index contributed by atoms with van der Waals surface area (Å²) in [4.78, 5) is 23.9. The van der Waals surface area contributed by atoms with Crippen molar-refractivity contribution in [1.82, 2.24) is 0 Å². The van der Waals surface area contributed by atoms with Gasteiger partial charge in [-0.2, -0.15) is 0 Å². The van der Waals surface area contributed by atoms with Gasteiger partial charge in [0.1, 0.15) is 6.10 Å². The number of ketones is 1. The van der Waals surface area contributed by atoms with Crippen molar-refractivity contribution >= 4 is 11.8 Å². The molecule has 1 aromatic carbocycles. The molecule has 0 spiro atoms. The molecule has 18 heavy (non-hydrogen) atoms. The summed E-state index contributed by atoms with van der Waals surface area (Å²) in [5, 5.41) is 0. The summed E-state index contributed by atoms with van der Waals surface area (Å²) in [6, 6.07) is 9.10. The number of benzene rings is 1. The van der Waals surface area contributed by atoms with E-state index in [0.29, 0.717) is 5.56 Å². The van der Waals surface area contributed by atoms with Gasteiger partial charge in [0.2, 0.25) is 0 Å². The number of carbonyl (C=O) groups is 2. The molecule has 0 bridgehead atoms. The minimum absolute atomic E-state index is 0.00127. The molecule has 96 valence electrons. The molecule has 1 aliphatic rings. The number of esters is 1. The van der Waals surface area contributed by atoms with Gasteiger partial charge in [-0.05, 0) is 5.41 Å². The third-order valence-corrected chi connectivity index (χ3v) is 3.26. The van der Waals surface area contributed by atoms with E-state index in [2.05, 4.69) is 0 Å². The number of carbonyl (C=O) groups excluding carboxylic acids is 2. The van der Waals surface area contributed by atoms with Gasteiger partial charge in [-0.15, -0.1) is 0 Å². The molecule has 3 nitrogen and oxygen atoms in total. The van der Waals surface area contributed by atoms with Gasteiger partial charge < -0.3 is 4.74 Å². The Kier molecular flexibility index (Phi) is 3.24. The summed E-state index contributed by atoms with van der Waals surface area (Å²) < 4.78 is 5.32. The van der Waals surface area contributed by atoms with Gasteiger partial charge in [-0.25, -0.2) is 0 Å². The summed E-state index contributed by atoms with van der Waals surface area (Å²) in [7, 11) is 0. The molecular formula is C15H18O3. The molecule has 0 aliphatic carbocycles. The molecule has 1 heterocycles. The van der Waals surface area contributed by atoms with E-state index in [1.54, 1.807) is 12.1 Å². The molecular weight excluding hydrogens is 228 g/mol. The van der Waals surface area contributed by atoms with E-state index in [-0.39, 0.29) is 35.6 Å². The fourth-order valence-electron chi connectivity index (χ4n) is 2.39. The third kappa shape index (κ3) is 2.45. The van der Waals surface area contributed by atoms with Crippen molar-refractivity contribution in [3.05, 3.63) is 35.9 Å². The molecule has 0 aromatic heterocycles. The van der Waals surface area contributed by atoms with E-state index < -0.39 is 0 Å². The highest BCUT2D eigenvalue weighted by molar-refractivity contribution is 6.00. The SMILES string of the molecule is CC(C)(C)[C@@H]1OC(=O)C[C@H]1C(=O)c1ccccc1. The molecule has 1 saturated heterocycles. The lowest BCUT2D eigenvalue weighted by molar-refractivity contribution is -0.145. The van der Waals surface area contributed by atoms with Crippen LogP contribution in [-0.2, 0) is 9.53 Å². The van der Waals surface area contributed by atoms with Gasteiger partial charge in [0.25, 0.3) is 0 Å². The van der Waals surface area contributed by atoms with Gasteiger partial charge in [0, 0.05) is 5.56 Å². The van der Waals surface area contributed by atoms with E-state index in [1.807, 2.05) is 39.0 Å². The zero-order valence-electron chi connectivity index (χ0n) is 11.0. The lowest BCUT2D eigenvalue weighted by atomic mass is 9.78. The fourth-order valence-corrected chi connectivity index (χ4v) is 2.39. The number of hydrogen-bond acceptors (Lipinski definition) is 3. The Morgan fingerprint density at radius 1 is 1.22 bits per heavy atom. The van der Waals surface area contributed by atoms with Crippen molar-refractivity contribution in [2.75, 3.05) is 0 Å². The first-order chi connectivity index (χ1) is 8.39. The lowest BCUT2D eigenvalue weighted by Gasteiger charge is -2.29. The Morgan fingerprint density at radius 3 is 2.39 bits per heavy atom. The minimum atomic E-state index is -0.361. The maximum atomic E-state index is 12.4. The van der Waals surface area contributed by atoms with Crippen LogP contribution in [-0.4, -0.2) is 17.9 Å². The van der Waals surface area contributed by atoms with E-state index in [0.717, 1.165) is 0 Å². The highest BCUT2D eigenvalue weighted by Gasteiger charge is 2.45. The quantitative estimate of drug-likeness (QED) is 0.595. The Labute approximate surface area is 107 Å². The predicted molar refractivity (Wildman–Crippen MR) is 68.2 cm³/mol. The topological polar surface area (TPSA) is 43.4 Å². The van der Waals surface area contributed by atoms with E-state index in [4.69, 9.17) is 4.74 Å². The van der Waals surface area contributed by atoms with Crippen LogP contribution in [0.1, 0.15) is 37.6 Å². The van der Waals surface area contributed by atoms with Crippen molar-refractivity contribution < 1.29 is 14.3 Å². The van der Waals surface area contributed by atoms with E-state index >= 15 is 0 Å². The second-order valence-corrected chi connectivity index (χ2v) is 5.82. The van der Waals surface area contributed by atoms with Crippen LogP contribution in [0.4, 0.5) is 0 Å². The summed E-state index contributed by atoms with van der Waals surface area (Å²) in [6.45, 7) is 5.96. The lowest BCUT2D eigenvalue weighted by Crippen LogP contribution is -2.35. The molecule has 1 fully saturated rings. The Hall–Kier alpha value is -1.64. The first-order valence-corrected chi connectivity index (χ1v) is 6.18. The minimum Gasteiger partial charge on any atom is -0.461 e. The van der Waals surface area contributed by atoms with Gasteiger partial charge >= 0.3 is 5.97 Å². The highest BCUT2D eigenvalue weighted by atomic mass is 16.6. The van der Waals surface area contributed by atoms with Crippen molar-refractivity contribution in [1.29, 1.82) is 0 Å². The molecule has 3 heteroatoms. The fraction of sp³-hybridized carbons (Fsp3) is 0.467. The zero-order valence-corrected chi connectivity index (χ0v) is 11.0. The van der Waals surface area contributed by atoms with Crippen LogP contribution in [0, 0.1) is 11.3 Å². The van der Waals surface area contributed by atoms with Crippen molar-refractivity contribution in [3.8, 4) is 0 Å². The molecule has 0 radical (unpaired) electrons. The molecule has 0 unspecified atom stereocenters. The first kappa shape index (κ1) is 12.8. The number of hydrogen-bond donors (Lipinski definition) is 0. The van der Waals surface area contributed by atoms with E-state index in [1.165, 1.54) is 0 Å². The van der Waals surface area contributed by atoms with Crippen molar-refractivity contribution in [2.24, 2.45) is 11.3 Å².